The van der Waals surface area contributed by atoms with E-state index in [9.17, 15) is 0 Å². The molecule has 0 N–H and O–H groups in total. The molecule has 21 heavy (non-hydrogen) atoms. The zero-order chi connectivity index (χ0) is 14.7. The minimum atomic E-state index is -0.435. The molecule has 3 heterocycles. The van der Waals surface area contributed by atoms with E-state index in [2.05, 4.69) is 30.5 Å². The molecule has 0 aliphatic carbocycles. The standard InChI is InChI=1S/C9H7I3N6O3/c1-4-13-9(21-17-4)12-2-5-14-8(18-20-5)11-3-6-15-16-7(10)19-6/h2-3H2,1H3/q-2. The van der Waals surface area contributed by atoms with Crippen molar-refractivity contribution in [2.75, 3.05) is 0 Å². The van der Waals surface area contributed by atoms with Gasteiger partial charge in [0, 0.05) is 0 Å². The van der Waals surface area contributed by atoms with E-state index in [1.165, 1.54) is 0 Å². The molecular weight excluding hydrogens is 621 g/mol. The zero-order valence-electron chi connectivity index (χ0n) is 10.5. The van der Waals surface area contributed by atoms with E-state index in [4.69, 9.17) is 13.5 Å². The summed E-state index contributed by atoms with van der Waals surface area (Å²) in [5.74, 6) is 1.89. The molecule has 0 saturated heterocycles. The number of nitrogens with zero attached hydrogens (tertiary/aromatic N) is 6. The van der Waals surface area contributed by atoms with Crippen molar-refractivity contribution in [2.45, 2.75) is 15.8 Å². The van der Waals surface area contributed by atoms with Gasteiger partial charge in [0.05, 0.1) is 0 Å². The van der Waals surface area contributed by atoms with Crippen LogP contribution in [0.4, 0.5) is 0 Å². The average Bonchev–Trinajstić information content (AvgIpc) is 3.16. The first kappa shape index (κ1) is 15.5. The molecule has 0 amide bonds. The molecule has 3 aromatic heterocycles. The summed E-state index contributed by atoms with van der Waals surface area (Å²) in [5, 5.41) is 15.4. The van der Waals surface area contributed by atoms with E-state index in [1.54, 1.807) is 6.92 Å². The van der Waals surface area contributed by atoms with Crippen LogP contribution in [0.25, 0.3) is 0 Å². The van der Waals surface area contributed by atoms with Gasteiger partial charge in [0.15, 0.2) is 0 Å². The van der Waals surface area contributed by atoms with Gasteiger partial charge >= 0.3 is 154 Å². The Balaban J connectivity index is 1.51. The molecule has 3 aromatic rings. The van der Waals surface area contributed by atoms with Crippen molar-refractivity contribution in [3.05, 3.63) is 29.2 Å². The van der Waals surface area contributed by atoms with E-state index in [0.29, 0.717) is 34.3 Å². The molecule has 0 aliphatic heterocycles. The number of alkyl halides is 2. The third-order valence-electron chi connectivity index (χ3n) is 1.98. The van der Waals surface area contributed by atoms with Gasteiger partial charge in [-0.15, -0.1) is 0 Å². The van der Waals surface area contributed by atoms with E-state index in [-0.39, 0.29) is 0 Å². The van der Waals surface area contributed by atoms with Crippen LogP contribution in [0.1, 0.15) is 17.6 Å². The third kappa shape index (κ3) is 4.54. The number of hydrogen-bond donors (Lipinski definition) is 0. The van der Waals surface area contributed by atoms with Gasteiger partial charge in [0.2, 0.25) is 0 Å². The SMILES string of the molecule is Cc1noc([I-]Cc2nc([I-]Cc3nnc(I)o3)no2)n1. The molecule has 0 unspecified atom stereocenters. The number of aryl methyl sites for hydroxylation is 1. The predicted octanol–water partition coefficient (Wildman–Crippen LogP) is -5.33. The van der Waals surface area contributed by atoms with Gasteiger partial charge in [-0.05, 0) is 0 Å². The molecule has 0 spiro atoms. The number of halogens is 3. The number of hydrogen-bond acceptors (Lipinski definition) is 9. The molecule has 0 aliphatic rings. The molecule has 0 radical (unpaired) electrons. The van der Waals surface area contributed by atoms with E-state index < -0.39 is 42.4 Å². The monoisotopic (exact) mass is 628 g/mol. The zero-order valence-corrected chi connectivity index (χ0v) is 16.9. The molecule has 12 heteroatoms. The molecule has 0 bridgehead atoms. The summed E-state index contributed by atoms with van der Waals surface area (Å²) in [6.07, 6.45) is 0. The van der Waals surface area contributed by atoms with Crippen molar-refractivity contribution in [2.24, 2.45) is 0 Å². The quantitative estimate of drug-likeness (QED) is 0.195. The molecule has 114 valence electrons. The van der Waals surface area contributed by atoms with Crippen LogP contribution in [0.3, 0.4) is 0 Å². The topological polar surface area (TPSA) is 117 Å². The molecule has 9 nitrogen and oxygen atoms in total. The van der Waals surface area contributed by atoms with Crippen molar-refractivity contribution < 1.29 is 55.9 Å². The van der Waals surface area contributed by atoms with Crippen molar-refractivity contribution in [1.82, 2.24) is 30.5 Å². The Bertz CT molecular complexity index is 667. The van der Waals surface area contributed by atoms with Crippen molar-refractivity contribution in [1.29, 1.82) is 0 Å². The Kier molecular flexibility index (Phi) is 5.35. The van der Waals surface area contributed by atoms with Gasteiger partial charge in [-0.2, -0.15) is 0 Å². The van der Waals surface area contributed by atoms with E-state index in [1.807, 2.05) is 22.6 Å². The van der Waals surface area contributed by atoms with Gasteiger partial charge in [-0.3, -0.25) is 0 Å². The molecule has 0 aromatic carbocycles. The molecular formula is C9H7I3N6O3-2. The second-order valence-electron chi connectivity index (χ2n) is 3.53. The Morgan fingerprint density at radius 3 is 2.57 bits per heavy atom. The fourth-order valence-electron chi connectivity index (χ4n) is 1.19. The summed E-state index contributed by atoms with van der Waals surface area (Å²) in [4.78, 5) is 8.54. The van der Waals surface area contributed by atoms with Crippen LogP contribution in [0.5, 0.6) is 0 Å². The van der Waals surface area contributed by atoms with Crippen molar-refractivity contribution >= 4 is 22.6 Å². The first-order chi connectivity index (χ1) is 10.2. The first-order valence-corrected chi connectivity index (χ1v) is 11.8. The van der Waals surface area contributed by atoms with Crippen molar-refractivity contribution in [3.8, 4) is 0 Å². The molecule has 3 rings (SSSR count). The minimum absolute atomic E-state index is 0.435. The first-order valence-electron chi connectivity index (χ1n) is 5.48. The van der Waals surface area contributed by atoms with Crippen molar-refractivity contribution in [3.63, 3.8) is 0 Å². The fraction of sp³-hybridized carbons (Fsp3) is 0.333. The summed E-state index contributed by atoms with van der Waals surface area (Å²) in [5.41, 5.74) is 0. The number of aromatic nitrogens is 6. The predicted molar refractivity (Wildman–Crippen MR) is 65.2 cm³/mol. The Morgan fingerprint density at radius 1 is 1.00 bits per heavy atom. The van der Waals surface area contributed by atoms with E-state index in [0.717, 1.165) is 3.83 Å². The molecule has 0 fully saturated rings. The average molecular weight is 628 g/mol. The summed E-state index contributed by atoms with van der Waals surface area (Å²) in [7, 11) is 0. The second-order valence-corrected chi connectivity index (χ2v) is 9.40. The maximum atomic E-state index is 5.30. The maximum absolute atomic E-state index is 5.30. The second kappa shape index (κ2) is 7.25. The Morgan fingerprint density at radius 2 is 1.86 bits per heavy atom. The number of rotatable bonds is 6. The Hall–Kier alpha value is -0.390. The van der Waals surface area contributed by atoms with Crippen LogP contribution in [-0.2, 0) is 8.86 Å². The van der Waals surface area contributed by atoms with Crippen LogP contribution >= 0.6 is 22.6 Å². The van der Waals surface area contributed by atoms with Crippen LogP contribution in [0, 0.1) is 18.5 Å². The summed E-state index contributed by atoms with van der Waals surface area (Å²) in [6.45, 7) is 1.80. The molecule has 0 atom stereocenters. The van der Waals surface area contributed by atoms with Gasteiger partial charge in [0.25, 0.3) is 0 Å². The van der Waals surface area contributed by atoms with Gasteiger partial charge < -0.3 is 0 Å². The van der Waals surface area contributed by atoms with Crippen LogP contribution < -0.4 is 42.4 Å². The Labute approximate surface area is 152 Å². The van der Waals surface area contributed by atoms with E-state index >= 15 is 0 Å². The van der Waals surface area contributed by atoms with Gasteiger partial charge in [-0.25, -0.2) is 0 Å². The van der Waals surface area contributed by atoms with Crippen LogP contribution in [-0.4, -0.2) is 30.5 Å². The summed E-state index contributed by atoms with van der Waals surface area (Å²) < 4.78 is 19.0. The van der Waals surface area contributed by atoms with Gasteiger partial charge in [0.1, 0.15) is 0 Å². The van der Waals surface area contributed by atoms with Crippen LogP contribution in [0.15, 0.2) is 13.5 Å². The summed E-state index contributed by atoms with van der Waals surface area (Å²) in [6, 6.07) is 0. The third-order valence-corrected chi connectivity index (χ3v) is 6.70. The normalized spacial score (nSPS) is 11.5. The molecule has 0 saturated carbocycles. The van der Waals surface area contributed by atoms with Crippen LogP contribution in [0.2, 0.25) is 0 Å². The fourth-order valence-corrected chi connectivity index (χ4v) is 4.92. The van der Waals surface area contributed by atoms with Gasteiger partial charge in [-0.1, -0.05) is 0 Å². The summed E-state index contributed by atoms with van der Waals surface area (Å²) >= 11 is 1.11.